The lowest BCUT2D eigenvalue weighted by atomic mass is 9.95. The Hall–Kier alpha value is -4.20. The first kappa shape index (κ1) is 26.4. The minimum absolute atomic E-state index is 0.198. The fourth-order valence-electron chi connectivity index (χ4n) is 6.48. The predicted octanol–water partition coefficient (Wildman–Crippen LogP) is 6.30. The molecule has 0 spiro atoms. The van der Waals surface area contributed by atoms with E-state index in [-0.39, 0.29) is 18.1 Å². The molecule has 4 aromatic carbocycles. The third-order valence-electron chi connectivity index (χ3n) is 8.72. The van der Waals surface area contributed by atoms with Crippen molar-refractivity contribution in [1.82, 2.24) is 10.2 Å². The van der Waals surface area contributed by atoms with Crippen molar-refractivity contribution in [2.45, 2.75) is 31.8 Å². The number of halogens is 2. The Labute approximate surface area is 256 Å². The molecule has 0 saturated carbocycles. The van der Waals surface area contributed by atoms with Crippen molar-refractivity contribution in [2.75, 3.05) is 36.0 Å². The Kier molecular flexibility index (Phi) is 6.84. The molecule has 218 valence electrons. The van der Waals surface area contributed by atoms with Crippen molar-refractivity contribution in [3.63, 3.8) is 0 Å². The number of piperidine rings is 1. The zero-order valence-corrected chi connectivity index (χ0v) is 24.5. The third-order valence-corrected chi connectivity index (χ3v) is 8.95. The van der Waals surface area contributed by atoms with Gasteiger partial charge in [0.05, 0.1) is 12.7 Å². The summed E-state index contributed by atoms with van der Waals surface area (Å²) in [4.78, 5) is 32.3. The number of carbonyl (C=O) groups is 2. The standard InChI is InChI=1S/C35H32ClFN4O2/c1-22-5-12-32(34(42)38-22)41-31-13-10-25(27-3-2-4-28(33(27)31)35(41)43)19-23-6-8-24(9-7-23)21-39-15-17-40(18-16-39)30-14-11-26(36)20-29(30)37/h2-4,6-11,13-14,20,32H,1,5,12,15-19,21H2,(H,38,42)/t32-/m1/s1/i32D. The molecule has 2 amide bonds. The highest BCUT2D eigenvalue weighted by molar-refractivity contribution is 6.30. The summed E-state index contributed by atoms with van der Waals surface area (Å²) < 4.78 is 23.4. The third kappa shape index (κ3) is 5.17. The number of piperazine rings is 1. The van der Waals surface area contributed by atoms with E-state index in [1.807, 2.05) is 24.3 Å². The average Bonchev–Trinajstić information content (AvgIpc) is 3.31. The van der Waals surface area contributed by atoms with Crippen LogP contribution < -0.4 is 15.1 Å². The number of amides is 2. The van der Waals surface area contributed by atoms with Gasteiger partial charge in [-0.1, -0.05) is 60.6 Å². The predicted molar refractivity (Wildman–Crippen MR) is 169 cm³/mol. The van der Waals surface area contributed by atoms with Crippen LogP contribution in [0.3, 0.4) is 0 Å². The summed E-state index contributed by atoms with van der Waals surface area (Å²) in [7, 11) is 0. The van der Waals surface area contributed by atoms with E-state index in [1.165, 1.54) is 16.5 Å². The van der Waals surface area contributed by atoms with Crippen LogP contribution in [0.5, 0.6) is 0 Å². The lowest BCUT2D eigenvalue weighted by Gasteiger charge is -2.36. The van der Waals surface area contributed by atoms with Gasteiger partial charge in [-0.2, -0.15) is 0 Å². The van der Waals surface area contributed by atoms with Crippen molar-refractivity contribution < 1.29 is 15.4 Å². The number of benzene rings is 4. The van der Waals surface area contributed by atoms with Gasteiger partial charge in [0.1, 0.15) is 11.8 Å². The smallest absolute Gasteiger partial charge is 0.259 e. The zero-order valence-electron chi connectivity index (χ0n) is 24.7. The number of hydrogen-bond acceptors (Lipinski definition) is 4. The van der Waals surface area contributed by atoms with Gasteiger partial charge in [-0.15, -0.1) is 0 Å². The van der Waals surface area contributed by atoms with Crippen LogP contribution in [-0.4, -0.2) is 48.9 Å². The number of allylic oxidation sites excluding steroid dienone is 1. The molecule has 43 heavy (non-hydrogen) atoms. The number of hydrogen-bond donors (Lipinski definition) is 1. The van der Waals surface area contributed by atoms with Crippen LogP contribution in [0.1, 0.15) is 41.3 Å². The van der Waals surface area contributed by atoms with E-state index < -0.39 is 11.9 Å². The van der Waals surface area contributed by atoms with E-state index in [2.05, 4.69) is 46.0 Å². The molecule has 4 aromatic rings. The minimum atomic E-state index is -1.72. The quantitative estimate of drug-likeness (QED) is 0.284. The van der Waals surface area contributed by atoms with Gasteiger partial charge < -0.3 is 10.2 Å². The molecule has 0 aromatic heterocycles. The second-order valence-electron chi connectivity index (χ2n) is 11.5. The van der Waals surface area contributed by atoms with Gasteiger partial charge in [0.25, 0.3) is 5.91 Å². The van der Waals surface area contributed by atoms with E-state index >= 15 is 0 Å². The molecule has 3 aliphatic rings. The summed E-state index contributed by atoms with van der Waals surface area (Å²) >= 11 is 5.91. The van der Waals surface area contributed by atoms with Crippen molar-refractivity contribution in [1.29, 1.82) is 0 Å². The minimum Gasteiger partial charge on any atom is -0.367 e. The molecule has 2 saturated heterocycles. The molecule has 7 rings (SSSR count). The SMILES string of the molecule is [2H][C@@]1(N2C(=O)c3cccc4c(Cc5ccc(CN6CCN(c7ccc(Cl)cc7F)CC6)cc5)ccc2c34)CCC(=C)NC1=O. The van der Waals surface area contributed by atoms with Crippen LogP contribution in [0.25, 0.3) is 10.8 Å². The fourth-order valence-corrected chi connectivity index (χ4v) is 6.64. The van der Waals surface area contributed by atoms with Crippen LogP contribution >= 0.6 is 11.6 Å². The molecule has 3 aliphatic heterocycles. The van der Waals surface area contributed by atoms with E-state index in [0.29, 0.717) is 40.5 Å². The van der Waals surface area contributed by atoms with Crippen molar-refractivity contribution in [3.8, 4) is 0 Å². The highest BCUT2D eigenvalue weighted by Crippen LogP contribution is 2.41. The molecule has 6 nitrogen and oxygen atoms in total. The lowest BCUT2D eigenvalue weighted by Crippen LogP contribution is -2.51. The normalized spacial score (nSPS) is 21.0. The van der Waals surface area contributed by atoms with Gasteiger partial charge >= 0.3 is 0 Å². The lowest BCUT2D eigenvalue weighted by molar-refractivity contribution is -0.122. The molecular formula is C35H32ClFN4O2. The number of nitrogens with zero attached hydrogens (tertiary/aromatic N) is 3. The monoisotopic (exact) mass is 595 g/mol. The summed E-state index contributed by atoms with van der Waals surface area (Å²) in [5.74, 6) is -1.12. The molecule has 2 fully saturated rings. The molecule has 0 radical (unpaired) electrons. The summed E-state index contributed by atoms with van der Waals surface area (Å²) in [6.45, 7) is 7.84. The zero-order chi connectivity index (χ0) is 30.6. The maximum Gasteiger partial charge on any atom is 0.259 e. The number of anilines is 2. The number of nitrogens with one attached hydrogen (secondary N) is 1. The van der Waals surface area contributed by atoms with Crippen molar-refractivity contribution in [3.05, 3.63) is 118 Å². The molecule has 1 N–H and O–H groups in total. The Morgan fingerprint density at radius 2 is 1.70 bits per heavy atom. The van der Waals surface area contributed by atoms with E-state index in [1.54, 1.807) is 18.2 Å². The molecule has 0 bridgehead atoms. The highest BCUT2D eigenvalue weighted by atomic mass is 35.5. The second kappa shape index (κ2) is 11.1. The first-order valence-corrected chi connectivity index (χ1v) is 15.0. The number of carbonyl (C=O) groups excluding carboxylic acids is 2. The van der Waals surface area contributed by atoms with Crippen LogP contribution in [0.4, 0.5) is 15.8 Å². The van der Waals surface area contributed by atoms with Gasteiger partial charge in [-0.05, 0) is 71.7 Å². The molecule has 0 unspecified atom stereocenters. The fraction of sp³-hybridized carbons (Fsp3) is 0.257. The Morgan fingerprint density at radius 1 is 0.953 bits per heavy atom. The van der Waals surface area contributed by atoms with Crippen LogP contribution in [0.2, 0.25) is 5.02 Å². The van der Waals surface area contributed by atoms with Crippen LogP contribution in [-0.2, 0) is 17.8 Å². The highest BCUT2D eigenvalue weighted by Gasteiger charge is 2.40. The summed E-state index contributed by atoms with van der Waals surface area (Å²) in [5.41, 5.74) is 5.76. The Morgan fingerprint density at radius 3 is 2.44 bits per heavy atom. The van der Waals surface area contributed by atoms with Crippen molar-refractivity contribution >= 4 is 45.6 Å². The maximum absolute atomic E-state index is 14.4. The van der Waals surface area contributed by atoms with Gasteiger partial charge in [-0.3, -0.25) is 19.4 Å². The van der Waals surface area contributed by atoms with Gasteiger partial charge in [-0.25, -0.2) is 4.39 Å². The Balaban J connectivity index is 1.05. The average molecular weight is 596 g/mol. The van der Waals surface area contributed by atoms with E-state index in [4.69, 9.17) is 13.0 Å². The van der Waals surface area contributed by atoms with Gasteiger partial charge in [0.15, 0.2) is 0 Å². The first-order chi connectivity index (χ1) is 21.2. The second-order valence-corrected chi connectivity index (χ2v) is 11.9. The van der Waals surface area contributed by atoms with Gasteiger partial charge in [0.2, 0.25) is 5.91 Å². The summed E-state index contributed by atoms with van der Waals surface area (Å²) in [6, 6.07) is 21.3. The first-order valence-electron chi connectivity index (χ1n) is 15.1. The summed E-state index contributed by atoms with van der Waals surface area (Å²) in [5, 5.41) is 4.84. The summed E-state index contributed by atoms with van der Waals surface area (Å²) in [6.07, 6.45) is 1.34. The molecule has 8 heteroatoms. The molecule has 1 atom stereocenters. The maximum atomic E-state index is 14.4. The van der Waals surface area contributed by atoms with Crippen LogP contribution in [0, 0.1) is 5.82 Å². The molecule has 3 heterocycles. The Bertz CT molecular complexity index is 1820. The molecule has 0 aliphatic carbocycles. The molecular weight excluding hydrogens is 563 g/mol. The van der Waals surface area contributed by atoms with E-state index in [0.717, 1.165) is 54.6 Å². The van der Waals surface area contributed by atoms with Crippen LogP contribution in [0.15, 0.2) is 85.1 Å². The topological polar surface area (TPSA) is 55.9 Å². The number of rotatable bonds is 6. The van der Waals surface area contributed by atoms with Gasteiger partial charge in [0, 0.05) is 54.4 Å². The largest absolute Gasteiger partial charge is 0.367 e. The van der Waals surface area contributed by atoms with E-state index in [9.17, 15) is 14.0 Å². The van der Waals surface area contributed by atoms with Crippen molar-refractivity contribution in [2.24, 2.45) is 0 Å².